The van der Waals surface area contributed by atoms with Gasteiger partial charge in [0.05, 0.1) is 11.1 Å². The molecule has 0 unspecified atom stereocenters. The summed E-state index contributed by atoms with van der Waals surface area (Å²) in [7, 11) is 0. The molecule has 4 heteroatoms. The highest BCUT2D eigenvalue weighted by molar-refractivity contribution is 7.21. The molecule has 0 saturated heterocycles. The van der Waals surface area contributed by atoms with E-state index in [0.29, 0.717) is 16.1 Å². The molecule has 1 aromatic carbocycles. The van der Waals surface area contributed by atoms with Gasteiger partial charge in [-0.15, -0.1) is 0 Å². The molecule has 23 heavy (non-hydrogen) atoms. The van der Waals surface area contributed by atoms with Crippen molar-refractivity contribution in [3.63, 3.8) is 0 Å². The third-order valence-electron chi connectivity index (χ3n) is 4.71. The second-order valence-electron chi connectivity index (χ2n) is 6.16. The van der Waals surface area contributed by atoms with E-state index in [0.717, 1.165) is 23.1 Å². The van der Waals surface area contributed by atoms with E-state index in [4.69, 9.17) is 5.73 Å². The van der Waals surface area contributed by atoms with Crippen LogP contribution in [-0.2, 0) is 12.8 Å². The number of carbonyl (C=O) groups is 1. The lowest BCUT2D eigenvalue weighted by Gasteiger charge is -2.15. The van der Waals surface area contributed by atoms with Crippen molar-refractivity contribution in [3.8, 4) is 0 Å². The second-order valence-corrected chi connectivity index (χ2v) is 7.18. The molecular weight excluding hydrogens is 304 g/mol. The van der Waals surface area contributed by atoms with Crippen LogP contribution in [0.4, 0.5) is 5.69 Å². The van der Waals surface area contributed by atoms with Gasteiger partial charge >= 0.3 is 0 Å². The number of pyridine rings is 1. The third kappa shape index (κ3) is 2.25. The quantitative estimate of drug-likeness (QED) is 0.731. The first kappa shape index (κ1) is 14.4. The fraction of sp³-hybridized carbons (Fsp3) is 0.263. The number of aryl methyl sites for hydroxylation is 2. The number of hydrogen-bond donors (Lipinski definition) is 1. The van der Waals surface area contributed by atoms with Gasteiger partial charge in [-0.2, -0.15) is 4.98 Å². The van der Waals surface area contributed by atoms with Crippen molar-refractivity contribution in [1.29, 1.82) is 0 Å². The van der Waals surface area contributed by atoms with E-state index in [9.17, 15) is 4.79 Å². The van der Waals surface area contributed by atoms with Crippen molar-refractivity contribution < 1.29 is 9.78 Å². The standard InChI is InChI=1S/C19H18N2OS/c1-11-13-9-5-6-10-14(13)15-16(20)18(23-19(15)21-11)17(22)12-7-3-2-4-8-12/h2-4,7-8H,5-6,9-10,20H2,1H3/p+1. The molecule has 0 aliphatic heterocycles. The lowest BCUT2D eigenvalue weighted by atomic mass is 9.89. The number of hydrogen-bond acceptors (Lipinski definition) is 3. The molecule has 3 N–H and O–H groups in total. The molecule has 116 valence electrons. The van der Waals surface area contributed by atoms with Crippen LogP contribution in [0.5, 0.6) is 0 Å². The summed E-state index contributed by atoms with van der Waals surface area (Å²) in [6, 6.07) is 9.37. The van der Waals surface area contributed by atoms with Crippen molar-refractivity contribution in [3.05, 3.63) is 57.6 Å². The summed E-state index contributed by atoms with van der Waals surface area (Å²) in [5, 5.41) is 1.08. The number of nitrogens with one attached hydrogen (secondary N) is 1. The molecule has 4 rings (SSSR count). The van der Waals surface area contributed by atoms with Gasteiger partial charge in [0.2, 0.25) is 5.78 Å². The minimum Gasteiger partial charge on any atom is -0.397 e. The Hall–Kier alpha value is -2.20. The zero-order valence-electron chi connectivity index (χ0n) is 13.1. The molecule has 0 spiro atoms. The summed E-state index contributed by atoms with van der Waals surface area (Å²) in [5.41, 5.74) is 11.7. The van der Waals surface area contributed by atoms with Gasteiger partial charge in [0.15, 0.2) is 5.69 Å². The summed E-state index contributed by atoms with van der Waals surface area (Å²) >= 11 is 1.48. The van der Waals surface area contributed by atoms with Gasteiger partial charge in [-0.25, -0.2) is 0 Å². The SMILES string of the molecule is Cc1[nH+]c2sc(C(=O)c3ccccc3)c(N)c2c2c1CCCC2. The summed E-state index contributed by atoms with van der Waals surface area (Å²) in [6.45, 7) is 2.12. The van der Waals surface area contributed by atoms with Gasteiger partial charge < -0.3 is 5.73 Å². The fourth-order valence-corrected chi connectivity index (χ4v) is 4.73. The average molecular weight is 323 g/mol. The van der Waals surface area contributed by atoms with Crippen molar-refractivity contribution >= 4 is 33.0 Å². The molecule has 3 nitrogen and oxygen atoms in total. The maximum atomic E-state index is 12.8. The maximum Gasteiger partial charge on any atom is 0.270 e. The zero-order valence-corrected chi connectivity index (χ0v) is 13.9. The normalized spacial score (nSPS) is 14.0. The minimum atomic E-state index is 0.0138. The Balaban J connectivity index is 1.93. The lowest BCUT2D eigenvalue weighted by molar-refractivity contribution is -0.352. The van der Waals surface area contributed by atoms with E-state index in [-0.39, 0.29) is 5.78 Å². The van der Waals surface area contributed by atoms with Crippen molar-refractivity contribution in [1.82, 2.24) is 0 Å². The van der Waals surface area contributed by atoms with Crippen molar-refractivity contribution in [2.45, 2.75) is 32.6 Å². The lowest BCUT2D eigenvalue weighted by Crippen LogP contribution is -2.16. The molecule has 0 amide bonds. The van der Waals surface area contributed by atoms with Crippen LogP contribution in [0.15, 0.2) is 30.3 Å². The number of carbonyl (C=O) groups excluding carboxylic acids is 1. The topological polar surface area (TPSA) is 57.2 Å². The van der Waals surface area contributed by atoms with Gasteiger partial charge in [-0.1, -0.05) is 41.7 Å². The van der Waals surface area contributed by atoms with Crippen LogP contribution >= 0.6 is 11.3 Å². The van der Waals surface area contributed by atoms with Crippen LogP contribution in [0.1, 0.15) is 44.9 Å². The predicted octanol–water partition coefficient (Wildman–Crippen LogP) is 3.72. The summed E-state index contributed by atoms with van der Waals surface area (Å²) in [5.74, 6) is 0.0138. The Morgan fingerprint density at radius 3 is 2.57 bits per heavy atom. The van der Waals surface area contributed by atoms with Crippen LogP contribution in [0.3, 0.4) is 0 Å². The largest absolute Gasteiger partial charge is 0.397 e. The van der Waals surface area contributed by atoms with Crippen LogP contribution in [0.2, 0.25) is 0 Å². The summed E-state index contributed by atoms with van der Waals surface area (Å²) in [4.78, 5) is 18.0. The molecule has 0 atom stereocenters. The Kier molecular flexibility index (Phi) is 3.42. The first-order valence-electron chi connectivity index (χ1n) is 8.02. The molecule has 1 aliphatic carbocycles. The smallest absolute Gasteiger partial charge is 0.270 e. The highest BCUT2D eigenvalue weighted by Gasteiger charge is 2.27. The molecule has 1 aliphatic rings. The van der Waals surface area contributed by atoms with Gasteiger partial charge in [0.1, 0.15) is 4.88 Å². The molecule has 2 heterocycles. The highest BCUT2D eigenvalue weighted by atomic mass is 32.1. The molecule has 0 saturated carbocycles. The Labute approximate surface area is 139 Å². The number of thiophene rings is 1. The van der Waals surface area contributed by atoms with Gasteiger partial charge in [-0.05, 0) is 31.2 Å². The first-order valence-corrected chi connectivity index (χ1v) is 8.84. The number of rotatable bonds is 2. The zero-order chi connectivity index (χ0) is 16.0. The molecular formula is C19H19N2OS+. The summed E-state index contributed by atoms with van der Waals surface area (Å²) in [6.07, 6.45) is 4.59. The maximum absolute atomic E-state index is 12.8. The number of anilines is 1. The molecule has 3 aromatic rings. The van der Waals surface area contributed by atoms with Crippen molar-refractivity contribution in [2.75, 3.05) is 5.73 Å². The van der Waals surface area contributed by atoms with E-state index in [1.165, 1.54) is 41.0 Å². The van der Waals surface area contributed by atoms with E-state index < -0.39 is 0 Å². The predicted molar refractivity (Wildman–Crippen MR) is 94.0 cm³/mol. The number of fused-ring (bicyclic) bond motifs is 3. The van der Waals surface area contributed by atoms with Crippen LogP contribution in [-0.4, -0.2) is 5.78 Å². The number of aromatic amines is 1. The molecule has 0 radical (unpaired) electrons. The average Bonchev–Trinajstić information content (AvgIpc) is 2.92. The Morgan fingerprint density at radius 2 is 1.83 bits per heavy atom. The summed E-state index contributed by atoms with van der Waals surface area (Å²) < 4.78 is 0. The number of ketones is 1. The van der Waals surface area contributed by atoms with E-state index in [2.05, 4.69) is 11.9 Å². The second kappa shape index (κ2) is 5.46. The van der Waals surface area contributed by atoms with Crippen LogP contribution < -0.4 is 10.7 Å². The number of nitrogens with two attached hydrogens (primary N) is 1. The fourth-order valence-electron chi connectivity index (χ4n) is 3.56. The van der Waals surface area contributed by atoms with Crippen LogP contribution in [0, 0.1) is 6.92 Å². The third-order valence-corrected chi connectivity index (χ3v) is 5.83. The molecule has 0 fully saturated rings. The van der Waals surface area contributed by atoms with E-state index in [1.807, 2.05) is 30.3 Å². The molecule has 2 aromatic heterocycles. The van der Waals surface area contributed by atoms with E-state index in [1.54, 1.807) is 0 Å². The highest BCUT2D eigenvalue weighted by Crippen LogP contribution is 2.38. The van der Waals surface area contributed by atoms with E-state index >= 15 is 0 Å². The Morgan fingerprint density at radius 1 is 1.13 bits per heavy atom. The van der Waals surface area contributed by atoms with Gasteiger partial charge in [0.25, 0.3) is 4.83 Å². The van der Waals surface area contributed by atoms with Gasteiger partial charge in [-0.3, -0.25) is 4.79 Å². The number of H-pyrrole nitrogens is 1. The number of benzene rings is 1. The molecule has 0 bridgehead atoms. The minimum absolute atomic E-state index is 0.0138. The van der Waals surface area contributed by atoms with Crippen molar-refractivity contribution in [2.24, 2.45) is 0 Å². The number of aromatic nitrogens is 1. The Bertz CT molecular complexity index is 912. The monoisotopic (exact) mass is 323 g/mol. The number of nitrogen functional groups attached to an aromatic ring is 1. The van der Waals surface area contributed by atoms with Gasteiger partial charge in [0, 0.05) is 18.1 Å². The first-order chi connectivity index (χ1) is 11.2. The van der Waals surface area contributed by atoms with Crippen LogP contribution in [0.25, 0.3) is 10.2 Å².